The zero-order valence-corrected chi connectivity index (χ0v) is 20.0. The maximum absolute atomic E-state index is 11.1. The molecule has 2 rings (SSSR count). The minimum Gasteiger partial charge on any atom is -0.469 e. The zero-order valence-electron chi connectivity index (χ0n) is 18.4. The highest BCUT2D eigenvalue weighted by Crippen LogP contribution is 2.21. The maximum atomic E-state index is 11.1. The molecule has 0 bridgehead atoms. The van der Waals surface area contributed by atoms with E-state index in [4.69, 9.17) is 10.2 Å². The molecule has 28 heavy (non-hydrogen) atoms. The summed E-state index contributed by atoms with van der Waals surface area (Å²) in [7, 11) is 1.46. The zero-order chi connectivity index (χ0) is 21.9. The van der Waals surface area contributed by atoms with Crippen LogP contribution in [0, 0.1) is 5.92 Å². The van der Waals surface area contributed by atoms with Crippen LogP contribution in [0.2, 0.25) is 0 Å². The summed E-state index contributed by atoms with van der Waals surface area (Å²) in [5.74, 6) is 0.0868. The molecular formula is C22H37BrN2O3. The van der Waals surface area contributed by atoms with Crippen molar-refractivity contribution in [3.8, 4) is 11.3 Å². The van der Waals surface area contributed by atoms with Crippen LogP contribution in [0.3, 0.4) is 0 Å². The first kappa shape index (κ1) is 28.4. The van der Waals surface area contributed by atoms with E-state index in [2.05, 4.69) is 39.5 Å². The van der Waals surface area contributed by atoms with E-state index in [1.54, 1.807) is 6.26 Å². The largest absolute Gasteiger partial charge is 0.469 e. The highest BCUT2D eigenvalue weighted by Gasteiger charge is 2.16. The molecule has 1 aromatic heterocycles. The summed E-state index contributed by atoms with van der Waals surface area (Å²) in [4.78, 5) is 15.1. The fourth-order valence-corrected chi connectivity index (χ4v) is 2.55. The van der Waals surface area contributed by atoms with Gasteiger partial charge in [0.05, 0.1) is 13.0 Å². The van der Waals surface area contributed by atoms with Gasteiger partial charge in [0, 0.05) is 10.0 Å². The van der Waals surface area contributed by atoms with Gasteiger partial charge in [-0.2, -0.15) is 4.98 Å². The van der Waals surface area contributed by atoms with Crippen molar-refractivity contribution in [1.29, 1.82) is 0 Å². The number of aromatic nitrogens is 1. The molecule has 1 aromatic carbocycles. The third kappa shape index (κ3) is 11.8. The van der Waals surface area contributed by atoms with Gasteiger partial charge in [-0.05, 0) is 25.0 Å². The van der Waals surface area contributed by atoms with E-state index in [0.717, 1.165) is 41.4 Å². The Kier molecular flexibility index (Phi) is 18.8. The molecule has 0 saturated carbocycles. The van der Waals surface area contributed by atoms with Gasteiger partial charge in [0.1, 0.15) is 12.0 Å². The van der Waals surface area contributed by atoms with E-state index in [1.807, 2.05) is 52.0 Å². The highest BCUT2D eigenvalue weighted by molar-refractivity contribution is 9.10. The molecular weight excluding hydrogens is 420 g/mol. The SMILES string of the molecule is CC.CC.CCCC(CCC)C(=O)OC.Nc1nc(-c2ccc(Br)cc2)co1. The normalized spacial score (nSPS) is 9.18. The van der Waals surface area contributed by atoms with Crippen molar-refractivity contribution in [1.82, 2.24) is 4.98 Å². The van der Waals surface area contributed by atoms with Crippen LogP contribution in [0.25, 0.3) is 11.3 Å². The average Bonchev–Trinajstić information content (AvgIpc) is 3.17. The number of rotatable bonds is 6. The lowest BCUT2D eigenvalue weighted by Gasteiger charge is -2.11. The van der Waals surface area contributed by atoms with Crippen LogP contribution in [0.5, 0.6) is 0 Å². The molecule has 5 nitrogen and oxygen atoms in total. The van der Waals surface area contributed by atoms with Crippen LogP contribution in [0.4, 0.5) is 6.01 Å². The number of methoxy groups -OCH3 is 1. The number of benzene rings is 1. The lowest BCUT2D eigenvalue weighted by molar-refractivity contribution is -0.145. The number of oxazole rings is 1. The molecule has 0 unspecified atom stereocenters. The smallest absolute Gasteiger partial charge is 0.308 e. The van der Waals surface area contributed by atoms with E-state index in [9.17, 15) is 4.79 Å². The fourth-order valence-electron chi connectivity index (χ4n) is 2.28. The van der Waals surface area contributed by atoms with Crippen LogP contribution in [0.1, 0.15) is 67.2 Å². The molecule has 0 atom stereocenters. The summed E-state index contributed by atoms with van der Waals surface area (Å²) in [5, 5.41) is 0. The van der Waals surface area contributed by atoms with E-state index in [-0.39, 0.29) is 17.9 Å². The first-order valence-corrected chi connectivity index (χ1v) is 10.9. The van der Waals surface area contributed by atoms with E-state index in [0.29, 0.717) is 0 Å². The number of nitrogens with zero attached hydrogens (tertiary/aromatic N) is 1. The Morgan fingerprint density at radius 3 is 1.96 bits per heavy atom. The van der Waals surface area contributed by atoms with Crippen molar-refractivity contribution in [2.24, 2.45) is 5.92 Å². The predicted molar refractivity (Wildman–Crippen MR) is 122 cm³/mol. The van der Waals surface area contributed by atoms with Crippen molar-refractivity contribution in [2.75, 3.05) is 12.8 Å². The Morgan fingerprint density at radius 1 is 1.11 bits per heavy atom. The molecule has 1 heterocycles. The van der Waals surface area contributed by atoms with E-state index >= 15 is 0 Å². The summed E-state index contributed by atoms with van der Waals surface area (Å²) in [5.41, 5.74) is 7.10. The number of hydrogen-bond donors (Lipinski definition) is 1. The van der Waals surface area contributed by atoms with Gasteiger partial charge in [-0.3, -0.25) is 4.79 Å². The molecule has 0 aliphatic heterocycles. The molecule has 0 aliphatic rings. The minimum atomic E-state index is -0.0475. The summed E-state index contributed by atoms with van der Waals surface area (Å²) < 4.78 is 10.6. The monoisotopic (exact) mass is 456 g/mol. The lowest BCUT2D eigenvalue weighted by atomic mass is 9.99. The van der Waals surface area contributed by atoms with Gasteiger partial charge < -0.3 is 14.9 Å². The number of halogens is 1. The van der Waals surface area contributed by atoms with Crippen LogP contribution in [-0.4, -0.2) is 18.1 Å². The van der Waals surface area contributed by atoms with Gasteiger partial charge in [-0.1, -0.05) is 82.4 Å². The molecule has 0 spiro atoms. The number of carbonyl (C=O) groups is 1. The highest BCUT2D eigenvalue weighted by atomic mass is 79.9. The third-order valence-corrected chi connectivity index (χ3v) is 4.00. The minimum absolute atomic E-state index is 0.0475. The Hall–Kier alpha value is -1.82. The van der Waals surface area contributed by atoms with Crippen molar-refractivity contribution in [2.45, 2.75) is 67.2 Å². The second kappa shape index (κ2) is 18.5. The molecule has 160 valence electrons. The molecule has 0 radical (unpaired) electrons. The summed E-state index contributed by atoms with van der Waals surface area (Å²) in [6.45, 7) is 12.2. The lowest BCUT2D eigenvalue weighted by Crippen LogP contribution is -2.15. The molecule has 0 saturated heterocycles. The number of carbonyl (C=O) groups excluding carboxylic acids is 1. The number of hydrogen-bond acceptors (Lipinski definition) is 5. The van der Waals surface area contributed by atoms with Gasteiger partial charge in [0.2, 0.25) is 0 Å². The van der Waals surface area contributed by atoms with E-state index in [1.165, 1.54) is 7.11 Å². The average molecular weight is 457 g/mol. The number of anilines is 1. The number of nitrogens with two attached hydrogens (primary N) is 1. The van der Waals surface area contributed by atoms with Crippen LogP contribution in [-0.2, 0) is 9.53 Å². The molecule has 2 N–H and O–H groups in total. The number of nitrogen functional groups attached to an aromatic ring is 1. The predicted octanol–water partition coefficient (Wildman–Crippen LogP) is 7.11. The standard InChI is InChI=1S/C9H7BrN2O.C9H18O2.2C2H6/c10-7-3-1-6(2-4-7)8-5-13-9(11)12-8;1-4-6-8(7-5-2)9(10)11-3;2*1-2/h1-5H,(H2,11,12);8H,4-7H2,1-3H3;2*1-2H3. The van der Waals surface area contributed by atoms with Crippen LogP contribution < -0.4 is 5.73 Å². The van der Waals surface area contributed by atoms with Gasteiger partial charge >= 0.3 is 5.97 Å². The maximum Gasteiger partial charge on any atom is 0.308 e. The summed E-state index contributed by atoms with van der Waals surface area (Å²) in [6.07, 6.45) is 5.57. The van der Waals surface area contributed by atoms with E-state index < -0.39 is 0 Å². The number of esters is 1. The van der Waals surface area contributed by atoms with Gasteiger partial charge in [0.25, 0.3) is 6.01 Å². The molecule has 2 aromatic rings. The third-order valence-electron chi connectivity index (χ3n) is 3.47. The topological polar surface area (TPSA) is 78.4 Å². The molecule has 0 amide bonds. The Balaban J connectivity index is 0. The van der Waals surface area contributed by atoms with Crippen molar-refractivity contribution >= 4 is 27.9 Å². The van der Waals surface area contributed by atoms with Gasteiger partial charge in [0.15, 0.2) is 0 Å². The van der Waals surface area contributed by atoms with Gasteiger partial charge in [-0.25, -0.2) is 0 Å². The number of ether oxygens (including phenoxy) is 1. The quantitative estimate of drug-likeness (QED) is 0.468. The molecule has 6 heteroatoms. The van der Waals surface area contributed by atoms with Gasteiger partial charge in [-0.15, -0.1) is 0 Å². The Bertz CT molecular complexity index is 606. The summed E-state index contributed by atoms with van der Waals surface area (Å²) >= 11 is 3.35. The Morgan fingerprint density at radius 2 is 1.61 bits per heavy atom. The van der Waals surface area contributed by atoms with Crippen LogP contribution in [0.15, 0.2) is 39.4 Å². The van der Waals surface area contributed by atoms with Crippen molar-refractivity contribution < 1.29 is 13.9 Å². The van der Waals surface area contributed by atoms with Crippen molar-refractivity contribution in [3.63, 3.8) is 0 Å². The molecule has 0 aliphatic carbocycles. The summed E-state index contributed by atoms with van der Waals surface area (Å²) in [6, 6.07) is 7.97. The first-order valence-electron chi connectivity index (χ1n) is 10.1. The second-order valence-corrected chi connectivity index (χ2v) is 6.29. The fraction of sp³-hybridized carbons (Fsp3) is 0.545. The molecule has 0 fully saturated rings. The first-order chi connectivity index (χ1) is 13.5. The van der Waals surface area contributed by atoms with Crippen LogP contribution >= 0.6 is 15.9 Å². The van der Waals surface area contributed by atoms with Crippen molar-refractivity contribution in [3.05, 3.63) is 35.0 Å². The second-order valence-electron chi connectivity index (χ2n) is 5.38. The Labute approximate surface area is 179 Å².